The van der Waals surface area contributed by atoms with Crippen molar-refractivity contribution in [1.29, 1.82) is 0 Å². The minimum Gasteiger partial charge on any atom is -0.394 e. The molecule has 0 saturated heterocycles. The SMILES string of the molecule is CC(CO)NC(=O)c1ccccc1CCN. The van der Waals surface area contributed by atoms with Crippen molar-refractivity contribution in [2.24, 2.45) is 5.73 Å². The van der Waals surface area contributed by atoms with Gasteiger partial charge in [0.05, 0.1) is 6.61 Å². The topological polar surface area (TPSA) is 75.3 Å². The van der Waals surface area contributed by atoms with Gasteiger partial charge in [0.1, 0.15) is 0 Å². The maximum Gasteiger partial charge on any atom is 0.251 e. The molecule has 0 bridgehead atoms. The lowest BCUT2D eigenvalue weighted by Gasteiger charge is -2.13. The van der Waals surface area contributed by atoms with Crippen LogP contribution in [0.3, 0.4) is 0 Å². The average molecular weight is 222 g/mol. The summed E-state index contributed by atoms with van der Waals surface area (Å²) in [4.78, 5) is 11.8. The Hall–Kier alpha value is -1.39. The van der Waals surface area contributed by atoms with E-state index in [0.717, 1.165) is 5.56 Å². The standard InChI is InChI=1S/C12H18N2O2/c1-9(8-15)14-12(16)11-5-3-2-4-10(11)6-7-13/h2-5,9,15H,6-8,13H2,1H3,(H,14,16). The number of benzene rings is 1. The predicted octanol–water partition coefficient (Wildman–Crippen LogP) is 0.298. The highest BCUT2D eigenvalue weighted by molar-refractivity contribution is 5.95. The molecule has 1 amide bonds. The minimum atomic E-state index is -0.238. The van der Waals surface area contributed by atoms with Crippen LogP contribution in [0.25, 0.3) is 0 Å². The maximum absolute atomic E-state index is 11.8. The van der Waals surface area contributed by atoms with Gasteiger partial charge in [0, 0.05) is 11.6 Å². The molecule has 0 aliphatic rings. The summed E-state index contributed by atoms with van der Waals surface area (Å²) in [6, 6.07) is 7.13. The van der Waals surface area contributed by atoms with Gasteiger partial charge >= 0.3 is 0 Å². The van der Waals surface area contributed by atoms with Gasteiger partial charge in [-0.2, -0.15) is 0 Å². The zero-order valence-electron chi connectivity index (χ0n) is 9.44. The summed E-state index contributed by atoms with van der Waals surface area (Å²) < 4.78 is 0. The lowest BCUT2D eigenvalue weighted by Crippen LogP contribution is -2.35. The molecule has 4 heteroatoms. The number of hydrogen-bond donors (Lipinski definition) is 3. The molecule has 1 rings (SSSR count). The van der Waals surface area contributed by atoms with E-state index in [4.69, 9.17) is 10.8 Å². The van der Waals surface area contributed by atoms with E-state index in [-0.39, 0.29) is 18.6 Å². The van der Waals surface area contributed by atoms with Gasteiger partial charge in [-0.05, 0) is 31.5 Å². The first-order valence-corrected chi connectivity index (χ1v) is 5.38. The van der Waals surface area contributed by atoms with Gasteiger partial charge in [-0.25, -0.2) is 0 Å². The molecule has 16 heavy (non-hydrogen) atoms. The van der Waals surface area contributed by atoms with Crippen molar-refractivity contribution >= 4 is 5.91 Å². The van der Waals surface area contributed by atoms with Crippen LogP contribution < -0.4 is 11.1 Å². The first-order chi connectivity index (χ1) is 7.69. The van der Waals surface area contributed by atoms with Gasteiger partial charge < -0.3 is 16.2 Å². The molecule has 0 fully saturated rings. The first kappa shape index (κ1) is 12.7. The van der Waals surface area contributed by atoms with Gasteiger partial charge in [-0.3, -0.25) is 4.79 Å². The highest BCUT2D eigenvalue weighted by Gasteiger charge is 2.12. The lowest BCUT2D eigenvalue weighted by atomic mass is 10.0. The monoisotopic (exact) mass is 222 g/mol. The van der Waals surface area contributed by atoms with Crippen molar-refractivity contribution in [2.75, 3.05) is 13.2 Å². The molecule has 0 saturated carbocycles. The van der Waals surface area contributed by atoms with E-state index in [2.05, 4.69) is 5.32 Å². The summed E-state index contributed by atoms with van der Waals surface area (Å²) in [5, 5.41) is 11.6. The van der Waals surface area contributed by atoms with Gasteiger partial charge in [0.25, 0.3) is 5.91 Å². The van der Waals surface area contributed by atoms with Crippen LogP contribution in [0.4, 0.5) is 0 Å². The average Bonchev–Trinajstić information content (AvgIpc) is 2.30. The number of amides is 1. The molecule has 1 aromatic carbocycles. The Bertz CT molecular complexity index is 353. The Morgan fingerprint density at radius 1 is 1.50 bits per heavy atom. The summed E-state index contributed by atoms with van der Waals surface area (Å²) in [5.74, 6) is -0.161. The lowest BCUT2D eigenvalue weighted by molar-refractivity contribution is 0.0921. The second-order valence-corrected chi connectivity index (χ2v) is 3.75. The number of carbonyl (C=O) groups excluding carboxylic acids is 1. The number of aliphatic hydroxyl groups excluding tert-OH is 1. The van der Waals surface area contributed by atoms with Gasteiger partial charge in [0.2, 0.25) is 0 Å². The third kappa shape index (κ3) is 3.32. The van der Waals surface area contributed by atoms with Crippen LogP contribution in [0.15, 0.2) is 24.3 Å². The van der Waals surface area contributed by atoms with E-state index < -0.39 is 0 Å². The Labute approximate surface area is 95.5 Å². The second kappa shape index (κ2) is 6.25. The third-order valence-corrected chi connectivity index (χ3v) is 2.33. The van der Waals surface area contributed by atoms with Crippen molar-refractivity contribution < 1.29 is 9.90 Å². The fraction of sp³-hybridized carbons (Fsp3) is 0.417. The Morgan fingerprint density at radius 3 is 2.81 bits per heavy atom. The summed E-state index contributed by atoms with van der Waals surface area (Å²) in [6.45, 7) is 2.20. The summed E-state index contributed by atoms with van der Waals surface area (Å²) in [6.07, 6.45) is 0.678. The summed E-state index contributed by atoms with van der Waals surface area (Å²) in [5.41, 5.74) is 7.06. The van der Waals surface area contributed by atoms with Crippen LogP contribution in [-0.2, 0) is 6.42 Å². The fourth-order valence-corrected chi connectivity index (χ4v) is 1.46. The van der Waals surface area contributed by atoms with Crippen LogP contribution in [-0.4, -0.2) is 30.2 Å². The van der Waals surface area contributed by atoms with Crippen molar-refractivity contribution in [1.82, 2.24) is 5.32 Å². The first-order valence-electron chi connectivity index (χ1n) is 5.38. The smallest absolute Gasteiger partial charge is 0.251 e. The molecular formula is C12H18N2O2. The molecule has 4 N–H and O–H groups in total. The zero-order valence-corrected chi connectivity index (χ0v) is 9.44. The van der Waals surface area contributed by atoms with E-state index in [1.807, 2.05) is 18.2 Å². The molecule has 0 aliphatic heterocycles. The molecular weight excluding hydrogens is 204 g/mol. The van der Waals surface area contributed by atoms with Crippen molar-refractivity contribution in [3.05, 3.63) is 35.4 Å². The van der Waals surface area contributed by atoms with E-state index >= 15 is 0 Å². The van der Waals surface area contributed by atoms with E-state index in [1.54, 1.807) is 13.0 Å². The normalized spacial score (nSPS) is 12.2. The van der Waals surface area contributed by atoms with Gasteiger partial charge in [-0.15, -0.1) is 0 Å². The number of aliphatic hydroxyl groups is 1. The minimum absolute atomic E-state index is 0.0647. The molecule has 0 radical (unpaired) electrons. The number of rotatable bonds is 5. The Kier molecular flexibility index (Phi) is 4.95. The summed E-state index contributed by atoms with van der Waals surface area (Å²) in [7, 11) is 0. The molecule has 0 aliphatic carbocycles. The van der Waals surface area contributed by atoms with E-state index in [0.29, 0.717) is 18.5 Å². The Balaban J connectivity index is 2.81. The van der Waals surface area contributed by atoms with Crippen molar-refractivity contribution in [2.45, 2.75) is 19.4 Å². The third-order valence-electron chi connectivity index (χ3n) is 2.33. The second-order valence-electron chi connectivity index (χ2n) is 3.75. The molecule has 88 valence electrons. The molecule has 0 aromatic heterocycles. The molecule has 1 atom stereocenters. The summed E-state index contributed by atoms with van der Waals surface area (Å²) >= 11 is 0. The van der Waals surface area contributed by atoms with Crippen LogP contribution in [0.5, 0.6) is 0 Å². The largest absolute Gasteiger partial charge is 0.394 e. The molecule has 0 spiro atoms. The van der Waals surface area contributed by atoms with E-state index in [1.165, 1.54) is 0 Å². The van der Waals surface area contributed by atoms with Crippen LogP contribution in [0.1, 0.15) is 22.8 Å². The van der Waals surface area contributed by atoms with Gasteiger partial charge in [0.15, 0.2) is 0 Å². The predicted molar refractivity (Wildman–Crippen MR) is 63.2 cm³/mol. The van der Waals surface area contributed by atoms with E-state index in [9.17, 15) is 4.79 Å². The van der Waals surface area contributed by atoms with Crippen molar-refractivity contribution in [3.8, 4) is 0 Å². The van der Waals surface area contributed by atoms with Crippen LogP contribution in [0, 0.1) is 0 Å². The highest BCUT2D eigenvalue weighted by atomic mass is 16.3. The number of nitrogens with two attached hydrogens (primary N) is 1. The fourth-order valence-electron chi connectivity index (χ4n) is 1.46. The molecule has 1 unspecified atom stereocenters. The molecule has 0 heterocycles. The maximum atomic E-state index is 11.8. The quantitative estimate of drug-likeness (QED) is 0.670. The van der Waals surface area contributed by atoms with Crippen LogP contribution >= 0.6 is 0 Å². The molecule has 4 nitrogen and oxygen atoms in total. The number of carbonyl (C=O) groups is 1. The highest BCUT2D eigenvalue weighted by Crippen LogP contribution is 2.09. The number of hydrogen-bond acceptors (Lipinski definition) is 3. The Morgan fingerprint density at radius 2 is 2.19 bits per heavy atom. The number of nitrogens with one attached hydrogen (secondary N) is 1. The van der Waals surface area contributed by atoms with Crippen molar-refractivity contribution in [3.63, 3.8) is 0 Å². The van der Waals surface area contributed by atoms with Crippen LogP contribution in [0.2, 0.25) is 0 Å². The molecule has 1 aromatic rings. The zero-order chi connectivity index (χ0) is 12.0. The van der Waals surface area contributed by atoms with Gasteiger partial charge in [-0.1, -0.05) is 18.2 Å².